The molecular formula is C13H16F3NO. The number of alkyl halides is 3. The van der Waals surface area contributed by atoms with E-state index in [9.17, 15) is 18.0 Å². The lowest BCUT2D eigenvalue weighted by molar-refractivity contribution is -0.138. The molecule has 0 bridgehead atoms. The van der Waals surface area contributed by atoms with Crippen LogP contribution in [-0.2, 0) is 17.6 Å². The summed E-state index contributed by atoms with van der Waals surface area (Å²) >= 11 is 0. The van der Waals surface area contributed by atoms with Crippen molar-refractivity contribution in [3.05, 3.63) is 35.4 Å². The van der Waals surface area contributed by atoms with Crippen LogP contribution in [0.2, 0.25) is 0 Å². The molecule has 2 nitrogen and oxygen atoms in total. The van der Waals surface area contributed by atoms with E-state index in [1.54, 1.807) is 0 Å². The highest BCUT2D eigenvalue weighted by molar-refractivity contribution is 5.76. The average Bonchev–Trinajstić information content (AvgIpc) is 2.33. The second kappa shape index (κ2) is 6.42. The van der Waals surface area contributed by atoms with Gasteiger partial charge in [0.15, 0.2) is 0 Å². The molecule has 0 aliphatic rings. The van der Waals surface area contributed by atoms with Gasteiger partial charge in [-0.2, -0.15) is 13.2 Å². The molecule has 0 radical (unpaired) electrons. The van der Waals surface area contributed by atoms with Crippen LogP contribution in [0.15, 0.2) is 24.3 Å². The highest BCUT2D eigenvalue weighted by Crippen LogP contribution is 2.12. The molecule has 0 atom stereocenters. The van der Waals surface area contributed by atoms with Crippen LogP contribution in [0.4, 0.5) is 13.2 Å². The normalized spacial score (nSPS) is 11.3. The summed E-state index contributed by atoms with van der Waals surface area (Å²) in [4.78, 5) is 11.2. The van der Waals surface area contributed by atoms with Gasteiger partial charge in [0.25, 0.3) is 0 Å². The minimum Gasteiger partial charge on any atom is -0.347 e. The van der Waals surface area contributed by atoms with E-state index in [-0.39, 0.29) is 6.42 Å². The lowest BCUT2D eigenvalue weighted by atomic mass is 10.1. The summed E-state index contributed by atoms with van der Waals surface area (Å²) in [6.07, 6.45) is -2.89. The number of halogens is 3. The maximum Gasteiger partial charge on any atom is 0.405 e. The van der Waals surface area contributed by atoms with Crippen molar-refractivity contribution in [2.75, 3.05) is 6.54 Å². The standard InChI is InChI=1S/C13H16F3NO/c1-2-10-3-5-11(6-4-10)7-8-12(18)17-9-13(14,15)16/h3-6H,2,7-9H2,1H3,(H,17,18). The van der Waals surface area contributed by atoms with Crippen molar-refractivity contribution >= 4 is 5.91 Å². The second-order valence-corrected chi connectivity index (χ2v) is 4.06. The van der Waals surface area contributed by atoms with Gasteiger partial charge in [0, 0.05) is 6.42 Å². The van der Waals surface area contributed by atoms with E-state index in [0.29, 0.717) is 6.42 Å². The molecule has 0 aliphatic carbocycles. The monoisotopic (exact) mass is 259 g/mol. The third-order valence-corrected chi connectivity index (χ3v) is 2.56. The first kappa shape index (κ1) is 14.5. The zero-order chi connectivity index (χ0) is 13.6. The number of amides is 1. The summed E-state index contributed by atoms with van der Waals surface area (Å²) in [6, 6.07) is 7.72. The van der Waals surface area contributed by atoms with Crippen molar-refractivity contribution in [2.45, 2.75) is 32.4 Å². The number of hydrogen-bond acceptors (Lipinski definition) is 1. The van der Waals surface area contributed by atoms with Crippen LogP contribution in [0.5, 0.6) is 0 Å². The van der Waals surface area contributed by atoms with Crippen LogP contribution in [0.25, 0.3) is 0 Å². The predicted octanol–water partition coefficient (Wildman–Crippen LogP) is 2.86. The third-order valence-electron chi connectivity index (χ3n) is 2.56. The van der Waals surface area contributed by atoms with E-state index >= 15 is 0 Å². The van der Waals surface area contributed by atoms with E-state index < -0.39 is 18.6 Å². The molecule has 0 spiro atoms. The van der Waals surface area contributed by atoms with E-state index in [4.69, 9.17) is 0 Å². The number of rotatable bonds is 5. The molecular weight excluding hydrogens is 243 g/mol. The minimum absolute atomic E-state index is 0.0710. The van der Waals surface area contributed by atoms with E-state index in [2.05, 4.69) is 0 Å². The Morgan fingerprint density at radius 3 is 2.22 bits per heavy atom. The summed E-state index contributed by atoms with van der Waals surface area (Å²) in [5.41, 5.74) is 2.15. The Morgan fingerprint density at radius 1 is 1.17 bits per heavy atom. The zero-order valence-corrected chi connectivity index (χ0v) is 10.2. The van der Waals surface area contributed by atoms with Crippen LogP contribution in [-0.4, -0.2) is 18.6 Å². The van der Waals surface area contributed by atoms with Crippen molar-refractivity contribution in [2.24, 2.45) is 0 Å². The van der Waals surface area contributed by atoms with Crippen molar-refractivity contribution in [3.8, 4) is 0 Å². The van der Waals surface area contributed by atoms with Crippen molar-refractivity contribution < 1.29 is 18.0 Å². The molecule has 0 aromatic heterocycles. The van der Waals surface area contributed by atoms with Crippen LogP contribution in [0.3, 0.4) is 0 Å². The summed E-state index contributed by atoms with van der Waals surface area (Å²) in [5.74, 6) is -0.577. The van der Waals surface area contributed by atoms with Gasteiger partial charge >= 0.3 is 6.18 Å². The molecule has 0 unspecified atom stereocenters. The van der Waals surface area contributed by atoms with Gasteiger partial charge in [-0.1, -0.05) is 31.2 Å². The molecule has 1 aromatic rings. The fourth-order valence-corrected chi connectivity index (χ4v) is 1.49. The Labute approximate surface area is 104 Å². The molecule has 5 heteroatoms. The van der Waals surface area contributed by atoms with Crippen molar-refractivity contribution in [1.29, 1.82) is 0 Å². The number of hydrogen-bond donors (Lipinski definition) is 1. The fraction of sp³-hybridized carbons (Fsp3) is 0.462. The first-order valence-corrected chi connectivity index (χ1v) is 5.82. The third kappa shape index (κ3) is 5.70. The van der Waals surface area contributed by atoms with Gasteiger partial charge in [-0.3, -0.25) is 4.79 Å². The Hall–Kier alpha value is -1.52. The van der Waals surface area contributed by atoms with Crippen LogP contribution in [0.1, 0.15) is 24.5 Å². The quantitative estimate of drug-likeness (QED) is 0.865. The van der Waals surface area contributed by atoms with Gasteiger partial charge in [0.2, 0.25) is 5.91 Å². The Kier molecular flexibility index (Phi) is 5.19. The van der Waals surface area contributed by atoms with Gasteiger partial charge in [0.1, 0.15) is 6.54 Å². The molecule has 0 saturated carbocycles. The summed E-state index contributed by atoms with van der Waals surface area (Å²) in [7, 11) is 0. The SMILES string of the molecule is CCc1ccc(CCC(=O)NCC(F)(F)F)cc1. The molecule has 0 heterocycles. The minimum atomic E-state index is -4.35. The second-order valence-electron chi connectivity index (χ2n) is 4.06. The Morgan fingerprint density at radius 2 is 1.72 bits per heavy atom. The Balaban J connectivity index is 2.33. The first-order chi connectivity index (χ1) is 8.40. The van der Waals surface area contributed by atoms with E-state index in [1.165, 1.54) is 5.56 Å². The molecule has 100 valence electrons. The lowest BCUT2D eigenvalue weighted by Gasteiger charge is -2.08. The van der Waals surface area contributed by atoms with Gasteiger partial charge in [-0.15, -0.1) is 0 Å². The summed E-state index contributed by atoms with van der Waals surface area (Å²) < 4.78 is 35.5. The fourth-order valence-electron chi connectivity index (χ4n) is 1.49. The predicted molar refractivity (Wildman–Crippen MR) is 63.2 cm³/mol. The van der Waals surface area contributed by atoms with Gasteiger partial charge < -0.3 is 5.32 Å². The molecule has 0 aliphatic heterocycles. The molecule has 0 fully saturated rings. The molecule has 1 amide bonds. The molecule has 1 N–H and O–H groups in total. The van der Waals surface area contributed by atoms with E-state index in [1.807, 2.05) is 36.5 Å². The molecule has 1 rings (SSSR count). The number of benzene rings is 1. The van der Waals surface area contributed by atoms with Crippen LogP contribution >= 0.6 is 0 Å². The molecule has 1 aromatic carbocycles. The smallest absolute Gasteiger partial charge is 0.347 e. The summed E-state index contributed by atoms with van der Waals surface area (Å²) in [5, 5.41) is 1.85. The first-order valence-electron chi connectivity index (χ1n) is 5.82. The maximum atomic E-state index is 11.8. The Bertz CT molecular complexity index is 384. The largest absolute Gasteiger partial charge is 0.405 e. The highest BCUT2D eigenvalue weighted by Gasteiger charge is 2.27. The summed E-state index contributed by atoms with van der Waals surface area (Å²) in [6.45, 7) is 0.778. The topological polar surface area (TPSA) is 29.1 Å². The van der Waals surface area contributed by atoms with Crippen molar-refractivity contribution in [1.82, 2.24) is 5.32 Å². The average molecular weight is 259 g/mol. The lowest BCUT2D eigenvalue weighted by Crippen LogP contribution is -2.33. The van der Waals surface area contributed by atoms with Gasteiger partial charge in [0.05, 0.1) is 0 Å². The number of carbonyl (C=O) groups excluding carboxylic acids is 1. The van der Waals surface area contributed by atoms with Gasteiger partial charge in [-0.05, 0) is 24.0 Å². The molecule has 18 heavy (non-hydrogen) atoms. The number of carbonyl (C=O) groups is 1. The highest BCUT2D eigenvalue weighted by atomic mass is 19.4. The maximum absolute atomic E-state index is 11.8. The number of nitrogens with one attached hydrogen (secondary N) is 1. The van der Waals surface area contributed by atoms with E-state index in [0.717, 1.165) is 12.0 Å². The van der Waals surface area contributed by atoms with Gasteiger partial charge in [-0.25, -0.2) is 0 Å². The van der Waals surface area contributed by atoms with Crippen LogP contribution < -0.4 is 5.32 Å². The number of aryl methyl sites for hydroxylation is 2. The van der Waals surface area contributed by atoms with Crippen LogP contribution in [0, 0.1) is 0 Å². The molecule has 0 saturated heterocycles. The zero-order valence-electron chi connectivity index (χ0n) is 10.2. The van der Waals surface area contributed by atoms with Crippen molar-refractivity contribution in [3.63, 3.8) is 0 Å².